The molecule has 0 bridgehead atoms. The average molecular weight is 255 g/mol. The van der Waals surface area contributed by atoms with Gasteiger partial charge in [-0.2, -0.15) is 0 Å². The van der Waals surface area contributed by atoms with Gasteiger partial charge in [0.25, 0.3) is 0 Å². The third-order valence-corrected chi connectivity index (χ3v) is 4.26. The zero-order chi connectivity index (χ0) is 13.8. The summed E-state index contributed by atoms with van der Waals surface area (Å²) in [5, 5.41) is 12.3. The molecule has 4 nitrogen and oxygen atoms in total. The minimum Gasteiger partial charge on any atom is -0.481 e. The number of carboxylic acids is 1. The van der Waals surface area contributed by atoms with Crippen molar-refractivity contribution >= 4 is 11.9 Å². The molecule has 2 N–H and O–H groups in total. The normalized spacial score (nSPS) is 20.4. The summed E-state index contributed by atoms with van der Waals surface area (Å²) in [4.78, 5) is 23.3. The van der Waals surface area contributed by atoms with E-state index in [9.17, 15) is 14.7 Å². The Morgan fingerprint density at radius 3 is 2.28 bits per heavy atom. The van der Waals surface area contributed by atoms with Gasteiger partial charge in [0, 0.05) is 12.5 Å². The van der Waals surface area contributed by atoms with Gasteiger partial charge in [0.05, 0.1) is 5.41 Å². The van der Waals surface area contributed by atoms with Crippen molar-refractivity contribution in [2.24, 2.45) is 11.3 Å². The number of hydrogen-bond donors (Lipinski definition) is 2. The molecule has 1 unspecified atom stereocenters. The van der Waals surface area contributed by atoms with Gasteiger partial charge in [-0.25, -0.2) is 0 Å². The van der Waals surface area contributed by atoms with Crippen LogP contribution in [-0.4, -0.2) is 23.0 Å². The quantitative estimate of drug-likeness (QED) is 0.793. The summed E-state index contributed by atoms with van der Waals surface area (Å²) in [5.74, 6) is -1.08. The molecule has 1 rings (SSSR count). The van der Waals surface area contributed by atoms with Gasteiger partial charge in [0.2, 0.25) is 5.91 Å². The van der Waals surface area contributed by atoms with E-state index >= 15 is 0 Å². The number of carboxylic acid groups (broad SMARTS) is 1. The molecular weight excluding hydrogens is 230 g/mol. The van der Waals surface area contributed by atoms with Gasteiger partial charge in [0.15, 0.2) is 0 Å². The van der Waals surface area contributed by atoms with Crippen molar-refractivity contribution in [2.45, 2.75) is 65.3 Å². The van der Waals surface area contributed by atoms with E-state index in [2.05, 4.69) is 5.32 Å². The van der Waals surface area contributed by atoms with Crippen LogP contribution in [0.25, 0.3) is 0 Å². The Labute approximate surface area is 109 Å². The predicted molar refractivity (Wildman–Crippen MR) is 70.2 cm³/mol. The van der Waals surface area contributed by atoms with Crippen LogP contribution in [0.2, 0.25) is 0 Å². The van der Waals surface area contributed by atoms with Crippen molar-refractivity contribution in [2.75, 3.05) is 0 Å². The maximum absolute atomic E-state index is 12.0. The Balaban J connectivity index is 2.53. The van der Waals surface area contributed by atoms with Gasteiger partial charge < -0.3 is 10.4 Å². The van der Waals surface area contributed by atoms with Crippen molar-refractivity contribution in [3.8, 4) is 0 Å². The average Bonchev–Trinajstić information content (AvgIpc) is 2.29. The van der Waals surface area contributed by atoms with Gasteiger partial charge in [0.1, 0.15) is 0 Å². The number of aliphatic carboxylic acids is 1. The predicted octanol–water partition coefficient (Wildman–Crippen LogP) is 2.57. The van der Waals surface area contributed by atoms with E-state index in [4.69, 9.17) is 0 Å². The Hall–Kier alpha value is -1.06. The molecule has 0 radical (unpaired) electrons. The van der Waals surface area contributed by atoms with Gasteiger partial charge in [-0.15, -0.1) is 0 Å². The number of nitrogens with one attached hydrogen (secondary N) is 1. The first-order valence-corrected chi connectivity index (χ1v) is 6.89. The molecule has 1 fully saturated rings. The second-order valence-corrected chi connectivity index (χ2v) is 5.96. The molecule has 0 aliphatic heterocycles. The van der Waals surface area contributed by atoms with Gasteiger partial charge in [-0.3, -0.25) is 9.59 Å². The largest absolute Gasteiger partial charge is 0.481 e. The summed E-state index contributed by atoms with van der Waals surface area (Å²) in [7, 11) is 0. The molecule has 0 saturated heterocycles. The third-order valence-electron chi connectivity index (χ3n) is 4.26. The highest BCUT2D eigenvalue weighted by atomic mass is 16.4. The van der Waals surface area contributed by atoms with Crippen LogP contribution in [0.1, 0.15) is 59.3 Å². The number of hydrogen-bond acceptors (Lipinski definition) is 2. The highest BCUT2D eigenvalue weighted by Crippen LogP contribution is 2.31. The lowest BCUT2D eigenvalue weighted by Crippen LogP contribution is -2.42. The minimum absolute atomic E-state index is 0.0629. The number of carbonyl (C=O) groups excluding carboxylic acids is 1. The fourth-order valence-corrected chi connectivity index (χ4v) is 2.39. The zero-order valence-electron chi connectivity index (χ0n) is 11.7. The fraction of sp³-hybridized carbons (Fsp3) is 0.857. The first-order chi connectivity index (χ1) is 8.36. The lowest BCUT2D eigenvalue weighted by Gasteiger charge is -2.30. The Kier molecular flexibility index (Phi) is 5.17. The van der Waals surface area contributed by atoms with Crippen molar-refractivity contribution in [1.29, 1.82) is 0 Å². The molecule has 1 aliphatic rings. The summed E-state index contributed by atoms with van der Waals surface area (Å²) in [6.45, 7) is 5.35. The minimum atomic E-state index is -0.973. The second-order valence-electron chi connectivity index (χ2n) is 5.96. The van der Waals surface area contributed by atoms with Gasteiger partial charge in [-0.1, -0.05) is 33.1 Å². The van der Waals surface area contributed by atoms with Crippen LogP contribution in [0.4, 0.5) is 0 Å². The zero-order valence-corrected chi connectivity index (χ0v) is 11.7. The molecule has 0 aromatic carbocycles. The van der Waals surface area contributed by atoms with E-state index in [0.29, 0.717) is 0 Å². The van der Waals surface area contributed by atoms with E-state index in [1.54, 1.807) is 6.92 Å². The molecule has 0 spiro atoms. The van der Waals surface area contributed by atoms with E-state index < -0.39 is 11.4 Å². The van der Waals surface area contributed by atoms with Crippen LogP contribution in [0.5, 0.6) is 0 Å². The molecule has 0 aromatic rings. The standard InChI is InChI=1S/C14H25NO3/c1-10(2)14(3,13(17)18)9-12(16)15-11-7-5-4-6-8-11/h10-11H,4-9H2,1-3H3,(H,15,16)(H,17,18). The van der Waals surface area contributed by atoms with E-state index in [1.807, 2.05) is 13.8 Å². The lowest BCUT2D eigenvalue weighted by atomic mass is 9.76. The van der Waals surface area contributed by atoms with Crippen LogP contribution < -0.4 is 5.32 Å². The molecule has 1 aliphatic carbocycles. The van der Waals surface area contributed by atoms with Crippen molar-refractivity contribution in [1.82, 2.24) is 5.32 Å². The number of carbonyl (C=O) groups is 2. The van der Waals surface area contributed by atoms with Crippen LogP contribution in [0.3, 0.4) is 0 Å². The Morgan fingerprint density at radius 1 is 1.28 bits per heavy atom. The molecule has 4 heteroatoms. The summed E-state index contributed by atoms with van der Waals surface area (Å²) >= 11 is 0. The Bertz CT molecular complexity index is 308. The molecule has 18 heavy (non-hydrogen) atoms. The van der Waals surface area contributed by atoms with E-state index in [1.165, 1.54) is 6.42 Å². The molecule has 1 amide bonds. The monoisotopic (exact) mass is 255 g/mol. The molecule has 0 aromatic heterocycles. The second kappa shape index (κ2) is 6.21. The maximum atomic E-state index is 12.0. The summed E-state index contributed by atoms with van der Waals surface area (Å²) in [6, 6.07) is 0.247. The van der Waals surface area contributed by atoms with Crippen LogP contribution in [0.15, 0.2) is 0 Å². The molecular formula is C14H25NO3. The highest BCUT2D eigenvalue weighted by Gasteiger charge is 2.39. The molecule has 1 atom stereocenters. The van der Waals surface area contributed by atoms with E-state index in [-0.39, 0.29) is 24.3 Å². The smallest absolute Gasteiger partial charge is 0.310 e. The topological polar surface area (TPSA) is 66.4 Å². The van der Waals surface area contributed by atoms with E-state index in [0.717, 1.165) is 25.7 Å². The summed E-state index contributed by atoms with van der Waals surface area (Å²) < 4.78 is 0. The van der Waals surface area contributed by atoms with Crippen LogP contribution >= 0.6 is 0 Å². The number of rotatable bonds is 5. The van der Waals surface area contributed by atoms with Crippen molar-refractivity contribution in [3.05, 3.63) is 0 Å². The first kappa shape index (κ1) is 15.0. The van der Waals surface area contributed by atoms with Gasteiger partial charge >= 0.3 is 5.97 Å². The fourth-order valence-electron chi connectivity index (χ4n) is 2.39. The molecule has 1 saturated carbocycles. The lowest BCUT2D eigenvalue weighted by molar-refractivity contribution is -0.153. The van der Waals surface area contributed by atoms with Crippen LogP contribution in [0, 0.1) is 11.3 Å². The van der Waals surface area contributed by atoms with Crippen molar-refractivity contribution in [3.63, 3.8) is 0 Å². The number of amides is 1. The van der Waals surface area contributed by atoms with Crippen molar-refractivity contribution < 1.29 is 14.7 Å². The SMILES string of the molecule is CC(C)C(C)(CC(=O)NC1CCCCC1)C(=O)O. The molecule has 104 valence electrons. The maximum Gasteiger partial charge on any atom is 0.310 e. The van der Waals surface area contributed by atoms with Crippen LogP contribution in [-0.2, 0) is 9.59 Å². The third kappa shape index (κ3) is 3.72. The summed E-state index contributed by atoms with van der Waals surface area (Å²) in [6.07, 6.45) is 5.67. The molecule has 0 heterocycles. The summed E-state index contributed by atoms with van der Waals surface area (Å²) in [5.41, 5.74) is -0.973. The first-order valence-electron chi connectivity index (χ1n) is 6.89. The van der Waals surface area contributed by atoms with Gasteiger partial charge in [-0.05, 0) is 25.7 Å². The Morgan fingerprint density at radius 2 is 1.83 bits per heavy atom. The highest BCUT2D eigenvalue weighted by molar-refractivity contribution is 5.85.